The molecule has 3 unspecified atom stereocenters. The minimum Gasteiger partial charge on any atom is -0.377 e. The molecule has 0 aromatic heterocycles. The highest BCUT2D eigenvalue weighted by Gasteiger charge is 2.29. The zero-order chi connectivity index (χ0) is 12.8. The van der Waals surface area contributed by atoms with E-state index in [2.05, 4.69) is 45.0 Å². The predicted molar refractivity (Wildman–Crippen MR) is 73.4 cm³/mol. The van der Waals surface area contributed by atoms with Crippen LogP contribution in [0, 0.1) is 5.92 Å². The SMILES string of the molecule is CCCNC(CN(C)C1CCOC1C)C(C)C. The Hall–Kier alpha value is -0.120. The van der Waals surface area contributed by atoms with Gasteiger partial charge in [0.05, 0.1) is 6.10 Å². The van der Waals surface area contributed by atoms with Gasteiger partial charge >= 0.3 is 0 Å². The van der Waals surface area contributed by atoms with Crippen LogP contribution in [0.5, 0.6) is 0 Å². The van der Waals surface area contributed by atoms with Gasteiger partial charge in [0.1, 0.15) is 0 Å². The molecule has 0 aromatic carbocycles. The maximum Gasteiger partial charge on any atom is 0.0702 e. The van der Waals surface area contributed by atoms with Crippen LogP contribution in [0.1, 0.15) is 40.5 Å². The van der Waals surface area contributed by atoms with Crippen molar-refractivity contribution >= 4 is 0 Å². The summed E-state index contributed by atoms with van der Waals surface area (Å²) >= 11 is 0. The molecule has 1 saturated heterocycles. The Balaban J connectivity index is 2.42. The molecule has 102 valence electrons. The van der Waals surface area contributed by atoms with E-state index in [1.807, 2.05) is 0 Å². The summed E-state index contributed by atoms with van der Waals surface area (Å²) in [5.74, 6) is 0.682. The first kappa shape index (κ1) is 14.9. The highest BCUT2D eigenvalue weighted by atomic mass is 16.5. The fraction of sp³-hybridized carbons (Fsp3) is 1.00. The number of hydrogen-bond acceptors (Lipinski definition) is 3. The number of rotatable bonds is 7. The normalized spacial score (nSPS) is 27.0. The van der Waals surface area contributed by atoms with Gasteiger partial charge in [-0.1, -0.05) is 20.8 Å². The van der Waals surface area contributed by atoms with Crippen molar-refractivity contribution in [3.8, 4) is 0 Å². The molecule has 0 bridgehead atoms. The molecular weight excluding hydrogens is 212 g/mol. The Morgan fingerprint density at radius 3 is 2.59 bits per heavy atom. The molecule has 0 saturated carbocycles. The Kier molecular flexibility index (Phi) is 6.45. The first-order chi connectivity index (χ1) is 8.06. The van der Waals surface area contributed by atoms with Gasteiger partial charge in [-0.3, -0.25) is 4.90 Å². The first-order valence-corrected chi connectivity index (χ1v) is 7.11. The summed E-state index contributed by atoms with van der Waals surface area (Å²) in [5, 5.41) is 3.66. The molecule has 3 nitrogen and oxygen atoms in total. The van der Waals surface area contributed by atoms with Crippen LogP contribution in [-0.4, -0.2) is 49.8 Å². The van der Waals surface area contributed by atoms with Crippen molar-refractivity contribution in [1.82, 2.24) is 10.2 Å². The van der Waals surface area contributed by atoms with Crippen LogP contribution in [0.4, 0.5) is 0 Å². The highest BCUT2D eigenvalue weighted by Crippen LogP contribution is 2.19. The lowest BCUT2D eigenvalue weighted by atomic mass is 10.0. The number of ether oxygens (including phenoxy) is 1. The molecule has 17 heavy (non-hydrogen) atoms. The third-order valence-corrected chi connectivity index (χ3v) is 3.85. The van der Waals surface area contributed by atoms with E-state index in [1.54, 1.807) is 0 Å². The van der Waals surface area contributed by atoms with Gasteiger partial charge < -0.3 is 10.1 Å². The van der Waals surface area contributed by atoms with E-state index in [9.17, 15) is 0 Å². The lowest BCUT2D eigenvalue weighted by molar-refractivity contribution is 0.0780. The average Bonchev–Trinajstić information content (AvgIpc) is 2.70. The van der Waals surface area contributed by atoms with Gasteiger partial charge in [-0.25, -0.2) is 0 Å². The molecule has 1 N–H and O–H groups in total. The van der Waals surface area contributed by atoms with Crippen LogP contribution in [0.25, 0.3) is 0 Å². The van der Waals surface area contributed by atoms with Gasteiger partial charge in [0.25, 0.3) is 0 Å². The summed E-state index contributed by atoms with van der Waals surface area (Å²) in [4.78, 5) is 2.48. The zero-order valence-corrected chi connectivity index (χ0v) is 12.2. The van der Waals surface area contributed by atoms with Gasteiger partial charge in [-0.2, -0.15) is 0 Å². The van der Waals surface area contributed by atoms with Crippen molar-refractivity contribution in [3.05, 3.63) is 0 Å². The topological polar surface area (TPSA) is 24.5 Å². The lowest BCUT2D eigenvalue weighted by Crippen LogP contribution is -2.48. The van der Waals surface area contributed by atoms with Crippen LogP contribution in [0.15, 0.2) is 0 Å². The van der Waals surface area contributed by atoms with Crippen molar-refractivity contribution in [2.75, 3.05) is 26.7 Å². The van der Waals surface area contributed by atoms with E-state index < -0.39 is 0 Å². The Morgan fingerprint density at radius 2 is 2.12 bits per heavy atom. The average molecular weight is 242 g/mol. The Bertz CT molecular complexity index is 208. The second kappa shape index (κ2) is 7.34. The predicted octanol–water partition coefficient (Wildman–Crippen LogP) is 2.12. The summed E-state index contributed by atoms with van der Waals surface area (Å²) in [6.07, 6.45) is 2.77. The molecule has 1 rings (SSSR count). The number of likely N-dealkylation sites (N-methyl/N-ethyl adjacent to an activating group) is 1. The zero-order valence-electron chi connectivity index (χ0n) is 12.2. The molecule has 0 amide bonds. The van der Waals surface area contributed by atoms with Crippen molar-refractivity contribution in [2.24, 2.45) is 5.92 Å². The lowest BCUT2D eigenvalue weighted by Gasteiger charge is -2.32. The van der Waals surface area contributed by atoms with E-state index in [4.69, 9.17) is 4.74 Å². The van der Waals surface area contributed by atoms with Gasteiger partial charge in [0.15, 0.2) is 0 Å². The molecule has 1 fully saturated rings. The number of hydrogen-bond donors (Lipinski definition) is 1. The summed E-state index contributed by atoms with van der Waals surface area (Å²) < 4.78 is 5.65. The molecule has 3 heteroatoms. The summed E-state index contributed by atoms with van der Waals surface area (Å²) in [7, 11) is 2.23. The standard InChI is InChI=1S/C14H30N2O/c1-6-8-15-13(11(2)3)10-16(5)14-7-9-17-12(14)4/h11-15H,6-10H2,1-5H3. The van der Waals surface area contributed by atoms with Gasteiger partial charge in [0, 0.05) is 25.2 Å². The maximum atomic E-state index is 5.65. The molecule has 0 spiro atoms. The van der Waals surface area contributed by atoms with E-state index in [0.717, 1.165) is 19.7 Å². The molecule has 3 atom stereocenters. The third-order valence-electron chi connectivity index (χ3n) is 3.85. The van der Waals surface area contributed by atoms with E-state index in [0.29, 0.717) is 24.1 Å². The third kappa shape index (κ3) is 4.57. The molecule has 1 aliphatic rings. The highest BCUT2D eigenvalue weighted by molar-refractivity contribution is 4.84. The summed E-state index contributed by atoms with van der Waals surface area (Å²) in [5.41, 5.74) is 0. The molecule has 0 aliphatic carbocycles. The van der Waals surface area contributed by atoms with Gasteiger partial charge in [-0.05, 0) is 39.3 Å². The van der Waals surface area contributed by atoms with Crippen LogP contribution in [-0.2, 0) is 4.74 Å². The monoisotopic (exact) mass is 242 g/mol. The molecule has 1 aliphatic heterocycles. The smallest absolute Gasteiger partial charge is 0.0702 e. The van der Waals surface area contributed by atoms with E-state index in [-0.39, 0.29) is 0 Å². The van der Waals surface area contributed by atoms with E-state index in [1.165, 1.54) is 12.8 Å². The minimum absolute atomic E-state index is 0.388. The van der Waals surface area contributed by atoms with Crippen molar-refractivity contribution in [3.63, 3.8) is 0 Å². The van der Waals surface area contributed by atoms with Crippen LogP contribution in [0.2, 0.25) is 0 Å². The fourth-order valence-corrected chi connectivity index (χ4v) is 2.59. The van der Waals surface area contributed by atoms with Gasteiger partial charge in [-0.15, -0.1) is 0 Å². The van der Waals surface area contributed by atoms with E-state index >= 15 is 0 Å². The van der Waals surface area contributed by atoms with Crippen molar-refractivity contribution in [1.29, 1.82) is 0 Å². The second-order valence-electron chi connectivity index (χ2n) is 5.68. The molecule has 0 aromatic rings. The largest absolute Gasteiger partial charge is 0.377 e. The van der Waals surface area contributed by atoms with Crippen LogP contribution in [0.3, 0.4) is 0 Å². The fourth-order valence-electron chi connectivity index (χ4n) is 2.59. The Labute approximate surface area is 107 Å². The summed E-state index contributed by atoms with van der Waals surface area (Å²) in [6, 6.07) is 1.19. The maximum absolute atomic E-state index is 5.65. The van der Waals surface area contributed by atoms with Crippen molar-refractivity contribution < 1.29 is 4.74 Å². The van der Waals surface area contributed by atoms with Crippen LogP contribution < -0.4 is 5.32 Å². The minimum atomic E-state index is 0.388. The summed E-state index contributed by atoms with van der Waals surface area (Å²) in [6.45, 7) is 12.2. The quantitative estimate of drug-likeness (QED) is 0.740. The molecular formula is C14H30N2O. The van der Waals surface area contributed by atoms with Crippen LogP contribution >= 0.6 is 0 Å². The van der Waals surface area contributed by atoms with Gasteiger partial charge in [0.2, 0.25) is 0 Å². The Morgan fingerprint density at radius 1 is 1.41 bits per heavy atom. The first-order valence-electron chi connectivity index (χ1n) is 7.11. The molecule has 0 radical (unpaired) electrons. The molecule has 1 heterocycles. The second-order valence-corrected chi connectivity index (χ2v) is 5.68. The number of nitrogens with zero attached hydrogens (tertiary/aromatic N) is 1. The number of nitrogens with one attached hydrogen (secondary N) is 1. The van der Waals surface area contributed by atoms with Crippen molar-refractivity contribution in [2.45, 2.75) is 58.7 Å².